The number of amides is 1. The lowest BCUT2D eigenvalue weighted by Gasteiger charge is -2.16. The molecule has 7 heteroatoms. The molecule has 6 nitrogen and oxygen atoms in total. The van der Waals surface area contributed by atoms with Crippen LogP contribution in [-0.2, 0) is 4.79 Å². The van der Waals surface area contributed by atoms with Crippen molar-refractivity contribution in [3.05, 3.63) is 76.1 Å². The standard InChI is InChI=1S/C21H21N3O3S/c1-13(2)24-20-18(21(26)23-24)19(28-12-17(25)22-20)14-7-6-10-16(11-14)27-15-8-4-3-5-9-15/h3-11,13,19H,12H2,1-2H3,(H,22,25)(H,23,26)/t19-/m1/s1. The molecule has 0 radical (unpaired) electrons. The zero-order chi connectivity index (χ0) is 19.7. The van der Waals surface area contributed by atoms with Crippen LogP contribution < -0.4 is 15.6 Å². The van der Waals surface area contributed by atoms with Gasteiger partial charge in [0, 0.05) is 6.04 Å². The van der Waals surface area contributed by atoms with E-state index in [0.29, 0.717) is 17.1 Å². The van der Waals surface area contributed by atoms with Crippen LogP contribution in [0.25, 0.3) is 0 Å². The first-order chi connectivity index (χ1) is 13.5. The van der Waals surface area contributed by atoms with E-state index in [0.717, 1.165) is 11.3 Å². The Labute approximate surface area is 166 Å². The Hall–Kier alpha value is -2.93. The van der Waals surface area contributed by atoms with Crippen molar-refractivity contribution in [2.45, 2.75) is 25.1 Å². The number of hydrogen-bond acceptors (Lipinski definition) is 4. The van der Waals surface area contributed by atoms with Crippen LogP contribution >= 0.6 is 11.8 Å². The molecule has 1 amide bonds. The molecule has 144 valence electrons. The van der Waals surface area contributed by atoms with Crippen molar-refractivity contribution in [2.24, 2.45) is 0 Å². The van der Waals surface area contributed by atoms with E-state index in [4.69, 9.17) is 4.74 Å². The second-order valence-corrected chi connectivity index (χ2v) is 7.99. The summed E-state index contributed by atoms with van der Waals surface area (Å²) >= 11 is 1.44. The lowest BCUT2D eigenvalue weighted by molar-refractivity contribution is -0.113. The zero-order valence-electron chi connectivity index (χ0n) is 15.6. The number of hydrogen-bond donors (Lipinski definition) is 2. The minimum Gasteiger partial charge on any atom is -0.457 e. The summed E-state index contributed by atoms with van der Waals surface area (Å²) in [4.78, 5) is 25.0. The molecule has 0 saturated carbocycles. The summed E-state index contributed by atoms with van der Waals surface area (Å²) in [5.41, 5.74) is 1.31. The first kappa shape index (κ1) is 18.4. The fourth-order valence-corrected chi connectivity index (χ4v) is 4.37. The molecular weight excluding hydrogens is 374 g/mol. The maximum atomic E-state index is 12.7. The number of anilines is 1. The number of aromatic amines is 1. The molecule has 1 aliphatic heterocycles. The Morgan fingerprint density at radius 3 is 2.57 bits per heavy atom. The van der Waals surface area contributed by atoms with E-state index >= 15 is 0 Å². The normalized spacial score (nSPS) is 16.4. The first-order valence-electron chi connectivity index (χ1n) is 9.11. The first-order valence-corrected chi connectivity index (χ1v) is 10.2. The molecule has 0 aliphatic carbocycles. The van der Waals surface area contributed by atoms with Crippen LogP contribution in [-0.4, -0.2) is 21.4 Å². The van der Waals surface area contributed by atoms with Gasteiger partial charge in [0.05, 0.1) is 16.6 Å². The van der Waals surface area contributed by atoms with Crippen molar-refractivity contribution in [3.63, 3.8) is 0 Å². The number of aromatic nitrogens is 2. The third-order valence-corrected chi connectivity index (χ3v) is 5.79. The van der Waals surface area contributed by atoms with Gasteiger partial charge in [-0.05, 0) is 43.7 Å². The average Bonchev–Trinajstić information content (AvgIpc) is 2.89. The number of rotatable bonds is 4. The largest absolute Gasteiger partial charge is 0.457 e. The Balaban J connectivity index is 1.75. The summed E-state index contributed by atoms with van der Waals surface area (Å²) in [6, 6.07) is 17.2. The summed E-state index contributed by atoms with van der Waals surface area (Å²) in [6.45, 7) is 3.92. The molecular formula is C21H21N3O3S. The molecule has 0 bridgehead atoms. The molecule has 0 spiro atoms. The molecule has 2 aromatic carbocycles. The molecule has 3 aromatic rings. The summed E-state index contributed by atoms with van der Waals surface area (Å²) in [6.07, 6.45) is 0. The summed E-state index contributed by atoms with van der Waals surface area (Å²) in [7, 11) is 0. The number of carbonyl (C=O) groups excluding carboxylic acids is 1. The number of fused-ring (bicyclic) bond motifs is 1. The van der Waals surface area contributed by atoms with Gasteiger partial charge in [-0.25, -0.2) is 0 Å². The van der Waals surface area contributed by atoms with Gasteiger partial charge in [-0.1, -0.05) is 30.3 Å². The Morgan fingerprint density at radius 1 is 1.07 bits per heavy atom. The minimum atomic E-state index is -0.267. The molecule has 2 N–H and O–H groups in total. The van der Waals surface area contributed by atoms with Gasteiger partial charge in [-0.15, -0.1) is 11.8 Å². The van der Waals surface area contributed by atoms with Crippen molar-refractivity contribution < 1.29 is 9.53 Å². The van der Waals surface area contributed by atoms with Crippen LogP contribution in [0.1, 0.15) is 36.3 Å². The van der Waals surface area contributed by atoms with E-state index in [1.165, 1.54) is 11.8 Å². The predicted molar refractivity (Wildman–Crippen MR) is 111 cm³/mol. The number of H-pyrrole nitrogens is 1. The molecule has 4 rings (SSSR count). The zero-order valence-corrected chi connectivity index (χ0v) is 16.5. The molecule has 0 unspecified atom stereocenters. The Bertz CT molecular complexity index is 1060. The van der Waals surface area contributed by atoms with Gasteiger partial charge in [0.1, 0.15) is 17.3 Å². The molecule has 28 heavy (non-hydrogen) atoms. The van der Waals surface area contributed by atoms with Gasteiger partial charge >= 0.3 is 0 Å². The quantitative estimate of drug-likeness (QED) is 0.690. The van der Waals surface area contributed by atoms with E-state index in [1.807, 2.05) is 68.4 Å². The average molecular weight is 395 g/mol. The fraction of sp³-hybridized carbons (Fsp3) is 0.238. The molecule has 0 saturated heterocycles. The topological polar surface area (TPSA) is 76.1 Å². The van der Waals surface area contributed by atoms with E-state index in [-0.39, 0.29) is 28.5 Å². The van der Waals surface area contributed by atoms with E-state index in [1.54, 1.807) is 4.68 Å². The lowest BCUT2D eigenvalue weighted by atomic mass is 10.1. The van der Waals surface area contributed by atoms with Gasteiger partial charge in [0.15, 0.2) is 0 Å². The van der Waals surface area contributed by atoms with Crippen LogP contribution in [0, 0.1) is 0 Å². The highest BCUT2D eigenvalue weighted by molar-refractivity contribution is 8.00. The van der Waals surface area contributed by atoms with Crippen LogP contribution in [0.15, 0.2) is 59.4 Å². The second kappa shape index (κ2) is 7.59. The van der Waals surface area contributed by atoms with Crippen molar-refractivity contribution in [2.75, 3.05) is 11.1 Å². The third-order valence-electron chi connectivity index (χ3n) is 4.52. The highest BCUT2D eigenvalue weighted by Crippen LogP contribution is 2.41. The van der Waals surface area contributed by atoms with Crippen LogP contribution in [0.3, 0.4) is 0 Å². The third kappa shape index (κ3) is 3.57. The minimum absolute atomic E-state index is 0.0215. The van der Waals surface area contributed by atoms with Gasteiger partial charge in [0.2, 0.25) is 5.91 Å². The smallest absolute Gasteiger partial charge is 0.270 e. The lowest BCUT2D eigenvalue weighted by Crippen LogP contribution is -2.17. The highest BCUT2D eigenvalue weighted by Gasteiger charge is 2.31. The number of carbonyl (C=O) groups is 1. The van der Waals surface area contributed by atoms with Gasteiger partial charge in [-0.2, -0.15) is 0 Å². The molecule has 1 aromatic heterocycles. The van der Waals surface area contributed by atoms with E-state index in [9.17, 15) is 9.59 Å². The predicted octanol–water partition coefficient (Wildman–Crippen LogP) is 4.32. The van der Waals surface area contributed by atoms with Gasteiger partial charge in [0.25, 0.3) is 5.56 Å². The maximum absolute atomic E-state index is 12.7. The maximum Gasteiger partial charge on any atom is 0.270 e. The fourth-order valence-electron chi connectivity index (χ4n) is 3.26. The van der Waals surface area contributed by atoms with Crippen molar-refractivity contribution in [1.29, 1.82) is 0 Å². The number of benzene rings is 2. The Morgan fingerprint density at radius 2 is 1.82 bits per heavy atom. The number of thioether (sulfide) groups is 1. The van der Waals surface area contributed by atoms with E-state index in [2.05, 4.69) is 10.4 Å². The molecule has 2 heterocycles. The Kier molecular flexibility index (Phi) is 5.00. The number of nitrogens with zero attached hydrogens (tertiary/aromatic N) is 1. The highest BCUT2D eigenvalue weighted by atomic mass is 32.2. The second-order valence-electron chi connectivity index (χ2n) is 6.89. The molecule has 0 fully saturated rings. The summed E-state index contributed by atoms with van der Waals surface area (Å²) in [5, 5.41) is 5.48. The van der Waals surface area contributed by atoms with Gasteiger partial charge < -0.3 is 10.1 Å². The van der Waals surface area contributed by atoms with Crippen LogP contribution in [0.5, 0.6) is 11.5 Å². The molecule has 1 atom stereocenters. The van der Waals surface area contributed by atoms with Crippen molar-refractivity contribution in [1.82, 2.24) is 9.78 Å². The van der Waals surface area contributed by atoms with Crippen LogP contribution in [0.4, 0.5) is 5.82 Å². The number of para-hydroxylation sites is 1. The van der Waals surface area contributed by atoms with Crippen LogP contribution in [0.2, 0.25) is 0 Å². The SMILES string of the molecule is CC(C)n1[nH]c(=O)c2c1NC(=O)CS[C@@H]2c1cccc(Oc2ccccc2)c1. The van der Waals surface area contributed by atoms with E-state index < -0.39 is 0 Å². The number of ether oxygens (including phenoxy) is 1. The number of nitrogens with one attached hydrogen (secondary N) is 2. The molecule has 1 aliphatic rings. The summed E-state index contributed by atoms with van der Waals surface area (Å²) < 4.78 is 7.66. The monoisotopic (exact) mass is 395 g/mol. The van der Waals surface area contributed by atoms with Crippen molar-refractivity contribution >= 4 is 23.5 Å². The summed E-state index contributed by atoms with van der Waals surface area (Å²) in [5.74, 6) is 2.15. The van der Waals surface area contributed by atoms with Gasteiger partial charge in [-0.3, -0.25) is 19.4 Å². The van der Waals surface area contributed by atoms with Crippen molar-refractivity contribution in [3.8, 4) is 11.5 Å².